The number of hydrogen-bond acceptors (Lipinski definition) is 4. The van der Waals surface area contributed by atoms with E-state index < -0.39 is 11.9 Å². The normalized spacial score (nSPS) is 10.0. The Morgan fingerprint density at radius 1 is 1.57 bits per heavy atom. The van der Waals surface area contributed by atoms with Crippen LogP contribution >= 0.6 is 0 Å². The Hall–Kier alpha value is -0.520. The predicted octanol–water partition coefficient (Wildman–Crippen LogP) is -2.76. The molecule has 0 aromatic carbocycles. The van der Waals surface area contributed by atoms with Gasteiger partial charge in [-0.2, -0.15) is 0 Å². The van der Waals surface area contributed by atoms with Crippen molar-refractivity contribution in [1.82, 2.24) is 5.32 Å². The molecule has 0 rings (SSSR count). The zero-order valence-corrected chi connectivity index (χ0v) is 10.7. The van der Waals surface area contributed by atoms with Crippen molar-refractivity contribution in [2.24, 2.45) is 0 Å². The fourth-order valence-electron chi connectivity index (χ4n) is 0.627. The molecule has 5 nitrogen and oxygen atoms in total. The van der Waals surface area contributed by atoms with Crippen LogP contribution < -0.4 is 34.9 Å². The van der Waals surface area contributed by atoms with Crippen molar-refractivity contribution < 1.29 is 50.4 Å². The predicted molar refractivity (Wildman–Crippen MR) is 47.1 cm³/mol. The number of rotatable bonds is 5. The summed E-state index contributed by atoms with van der Waals surface area (Å²) in [4.78, 5) is 20.9. The van der Waals surface area contributed by atoms with Gasteiger partial charge in [0, 0.05) is 11.8 Å². The van der Waals surface area contributed by atoms with E-state index >= 15 is 0 Å². The van der Waals surface area contributed by atoms with E-state index in [0.717, 1.165) is 0 Å². The number of carbonyl (C=O) groups excluding carboxylic acids is 1. The fourth-order valence-corrected chi connectivity index (χ4v) is 0.627. The van der Waals surface area contributed by atoms with Gasteiger partial charge >= 0.3 is 41.5 Å². The molecular formula is C8H14NNaO4. The Balaban J connectivity index is -0.000000720. The Morgan fingerprint density at radius 3 is 2.57 bits per heavy atom. The van der Waals surface area contributed by atoms with E-state index in [9.17, 15) is 9.59 Å². The minimum absolute atomic E-state index is 0. The second kappa shape index (κ2) is 9.05. The van der Waals surface area contributed by atoms with Gasteiger partial charge in [-0.3, -0.25) is 4.79 Å². The van der Waals surface area contributed by atoms with Crippen molar-refractivity contribution in [3.05, 3.63) is 11.8 Å². The van der Waals surface area contributed by atoms with E-state index in [2.05, 4.69) is 10.1 Å². The average Bonchev–Trinajstić information content (AvgIpc) is 2.01. The summed E-state index contributed by atoms with van der Waals surface area (Å²) in [5.74, 6) is -1.45. The van der Waals surface area contributed by atoms with Gasteiger partial charge in [0.1, 0.15) is 6.54 Å². The van der Waals surface area contributed by atoms with E-state index in [4.69, 9.17) is 5.11 Å². The monoisotopic (exact) mass is 211 g/mol. The Labute approximate surface area is 106 Å². The summed E-state index contributed by atoms with van der Waals surface area (Å²) in [5.41, 5.74) is 0.473. The summed E-state index contributed by atoms with van der Waals surface area (Å²) in [6.07, 6.45) is 1.21. The average molecular weight is 211 g/mol. The number of ether oxygens (including phenoxy) is 1. The number of carbonyl (C=O) groups is 2. The fraction of sp³-hybridized carbons (Fsp3) is 0.500. The van der Waals surface area contributed by atoms with Crippen LogP contribution in [0, 0.1) is 0 Å². The van der Waals surface area contributed by atoms with Crippen LogP contribution in [0.4, 0.5) is 0 Å². The number of esters is 1. The van der Waals surface area contributed by atoms with E-state index in [1.807, 2.05) is 0 Å². The van der Waals surface area contributed by atoms with Crippen LogP contribution in [0.2, 0.25) is 0 Å². The van der Waals surface area contributed by atoms with Crippen molar-refractivity contribution >= 4 is 11.9 Å². The summed E-state index contributed by atoms with van der Waals surface area (Å²) in [5, 5.41) is 10.8. The van der Waals surface area contributed by atoms with Gasteiger partial charge in [0.2, 0.25) is 0 Å². The Morgan fingerprint density at radius 2 is 2.14 bits per heavy atom. The molecule has 0 amide bonds. The number of allylic oxidation sites excluding steroid dienone is 1. The molecule has 0 saturated carbocycles. The van der Waals surface area contributed by atoms with Crippen LogP contribution in [-0.4, -0.2) is 30.2 Å². The summed E-state index contributed by atoms with van der Waals surface area (Å²) >= 11 is 0. The van der Waals surface area contributed by atoms with Gasteiger partial charge in [-0.05, 0) is 13.8 Å². The van der Waals surface area contributed by atoms with Crippen LogP contribution in [0.25, 0.3) is 0 Å². The minimum Gasteiger partial charge on any atom is -1.00 e. The maximum absolute atomic E-state index is 10.8. The van der Waals surface area contributed by atoms with E-state index in [0.29, 0.717) is 12.3 Å². The Kier molecular flexibility index (Phi) is 10.3. The molecular weight excluding hydrogens is 197 g/mol. The van der Waals surface area contributed by atoms with E-state index in [1.165, 1.54) is 6.08 Å². The zero-order chi connectivity index (χ0) is 10.3. The molecule has 6 heteroatoms. The van der Waals surface area contributed by atoms with E-state index in [-0.39, 0.29) is 37.5 Å². The van der Waals surface area contributed by atoms with Gasteiger partial charge in [0.25, 0.3) is 0 Å². The standard InChI is InChI=1S/C8H13NO4.Na.H/c1-3-13-8(12)4-6(2)9-5-7(10)11;;/h4,9H,3,5H2,1-2H3,(H,10,11);;/q;+1;-1/b6-4+;;. The molecule has 0 aliphatic heterocycles. The smallest absolute Gasteiger partial charge is 1.00 e. The van der Waals surface area contributed by atoms with Crippen LogP contribution in [0.15, 0.2) is 11.8 Å². The van der Waals surface area contributed by atoms with Crippen LogP contribution in [0.3, 0.4) is 0 Å². The maximum atomic E-state index is 10.8. The largest absolute Gasteiger partial charge is 1.00 e. The second-order valence-electron chi connectivity index (χ2n) is 2.33. The molecule has 0 atom stereocenters. The first-order valence-electron chi connectivity index (χ1n) is 3.87. The first kappa shape index (κ1) is 15.9. The van der Waals surface area contributed by atoms with Crippen molar-refractivity contribution in [2.45, 2.75) is 13.8 Å². The molecule has 0 aliphatic rings. The summed E-state index contributed by atoms with van der Waals surface area (Å²) in [6, 6.07) is 0. The van der Waals surface area contributed by atoms with Crippen LogP contribution in [0.5, 0.6) is 0 Å². The van der Waals surface area contributed by atoms with Gasteiger partial charge in [-0.1, -0.05) is 0 Å². The van der Waals surface area contributed by atoms with Gasteiger partial charge in [-0.15, -0.1) is 0 Å². The quantitative estimate of drug-likeness (QED) is 0.293. The zero-order valence-electron chi connectivity index (χ0n) is 9.66. The third-order valence-corrected chi connectivity index (χ3v) is 1.14. The van der Waals surface area contributed by atoms with Gasteiger partial charge in [-0.25, -0.2) is 4.79 Å². The number of carboxylic acid groups (broad SMARTS) is 1. The van der Waals surface area contributed by atoms with Gasteiger partial charge < -0.3 is 16.6 Å². The third kappa shape index (κ3) is 9.57. The molecule has 0 radical (unpaired) electrons. The van der Waals surface area contributed by atoms with E-state index in [1.54, 1.807) is 13.8 Å². The number of nitrogens with one attached hydrogen (secondary N) is 1. The van der Waals surface area contributed by atoms with Gasteiger partial charge in [0.15, 0.2) is 0 Å². The number of hydrogen-bond donors (Lipinski definition) is 2. The molecule has 0 aromatic heterocycles. The minimum atomic E-state index is -0.975. The van der Waals surface area contributed by atoms with Crippen molar-refractivity contribution in [2.75, 3.05) is 13.2 Å². The second-order valence-corrected chi connectivity index (χ2v) is 2.33. The maximum Gasteiger partial charge on any atom is 1.00 e. The molecule has 0 bridgehead atoms. The molecule has 0 aromatic rings. The molecule has 76 valence electrons. The SMILES string of the molecule is CCOC(=O)/C=C(\C)NCC(=O)O.[H-].[Na+]. The topological polar surface area (TPSA) is 75.6 Å². The van der Waals surface area contributed by atoms with Crippen molar-refractivity contribution in [3.8, 4) is 0 Å². The van der Waals surface area contributed by atoms with Crippen molar-refractivity contribution in [1.29, 1.82) is 0 Å². The molecule has 2 N–H and O–H groups in total. The molecule has 0 fully saturated rings. The first-order chi connectivity index (χ1) is 6.06. The molecule has 14 heavy (non-hydrogen) atoms. The molecule has 0 saturated heterocycles. The molecule has 0 aliphatic carbocycles. The Bertz CT molecular complexity index is 233. The summed E-state index contributed by atoms with van der Waals surface area (Å²) < 4.78 is 4.62. The van der Waals surface area contributed by atoms with Crippen LogP contribution in [-0.2, 0) is 14.3 Å². The first-order valence-corrected chi connectivity index (χ1v) is 3.87. The number of aliphatic carboxylic acids is 1. The van der Waals surface area contributed by atoms with Gasteiger partial charge in [0.05, 0.1) is 6.61 Å². The molecule has 0 heterocycles. The molecule has 0 unspecified atom stereocenters. The summed E-state index contributed by atoms with van der Waals surface area (Å²) in [6.45, 7) is 3.40. The number of carboxylic acids is 1. The van der Waals surface area contributed by atoms with Crippen molar-refractivity contribution in [3.63, 3.8) is 0 Å². The summed E-state index contributed by atoms with van der Waals surface area (Å²) in [7, 11) is 0. The third-order valence-electron chi connectivity index (χ3n) is 1.14. The molecule has 0 spiro atoms. The van der Waals surface area contributed by atoms with Crippen LogP contribution in [0.1, 0.15) is 15.3 Å².